The third kappa shape index (κ3) is 1.60. The van der Waals surface area contributed by atoms with Crippen molar-refractivity contribution in [1.82, 2.24) is 0 Å². The van der Waals surface area contributed by atoms with Crippen LogP contribution in [-0.2, 0) is 11.2 Å². The molecule has 0 amide bonds. The molecule has 20 heavy (non-hydrogen) atoms. The van der Waals surface area contributed by atoms with Crippen LogP contribution in [0.3, 0.4) is 0 Å². The average Bonchev–Trinajstić information content (AvgIpc) is 2.74. The van der Waals surface area contributed by atoms with Gasteiger partial charge in [-0.2, -0.15) is 0 Å². The Morgan fingerprint density at radius 3 is 3.00 bits per heavy atom. The van der Waals surface area contributed by atoms with E-state index in [0.717, 1.165) is 25.7 Å². The van der Waals surface area contributed by atoms with Crippen molar-refractivity contribution in [2.45, 2.75) is 44.8 Å². The van der Waals surface area contributed by atoms with Crippen LogP contribution >= 0.6 is 0 Å². The van der Waals surface area contributed by atoms with Crippen molar-refractivity contribution in [3.63, 3.8) is 0 Å². The summed E-state index contributed by atoms with van der Waals surface area (Å²) in [5.41, 5.74) is 2.67. The number of benzene rings is 1. The summed E-state index contributed by atoms with van der Waals surface area (Å²) in [5, 5.41) is 19.8. The molecule has 3 nitrogen and oxygen atoms in total. The van der Waals surface area contributed by atoms with E-state index in [1.807, 2.05) is 12.1 Å². The summed E-state index contributed by atoms with van der Waals surface area (Å²) in [4.78, 5) is 0. The molecule has 1 aromatic carbocycles. The molecule has 1 saturated heterocycles. The molecule has 108 valence electrons. The summed E-state index contributed by atoms with van der Waals surface area (Å²) < 4.78 is 5.57. The number of ether oxygens (including phenoxy) is 1. The van der Waals surface area contributed by atoms with Gasteiger partial charge < -0.3 is 14.9 Å². The Kier molecular flexibility index (Phi) is 2.67. The number of rotatable bonds is 0. The minimum absolute atomic E-state index is 0.0599. The maximum absolute atomic E-state index is 10.2. The van der Waals surface area contributed by atoms with Gasteiger partial charge in [-0.3, -0.25) is 0 Å². The van der Waals surface area contributed by atoms with Crippen molar-refractivity contribution in [3.05, 3.63) is 29.3 Å². The highest BCUT2D eigenvalue weighted by molar-refractivity contribution is 5.40. The minimum Gasteiger partial charge on any atom is -0.508 e. The second kappa shape index (κ2) is 4.22. The Morgan fingerprint density at radius 1 is 1.30 bits per heavy atom. The van der Waals surface area contributed by atoms with Crippen molar-refractivity contribution in [3.8, 4) is 5.75 Å². The molecule has 0 bridgehead atoms. The monoisotopic (exact) mass is 274 g/mol. The Balaban J connectivity index is 1.71. The third-order valence-electron chi connectivity index (χ3n) is 6.15. The van der Waals surface area contributed by atoms with Crippen molar-refractivity contribution in [2.75, 3.05) is 6.61 Å². The first kappa shape index (κ1) is 12.7. The summed E-state index contributed by atoms with van der Waals surface area (Å²) >= 11 is 0. The summed E-state index contributed by atoms with van der Waals surface area (Å²) in [5.74, 6) is 2.04. The van der Waals surface area contributed by atoms with E-state index < -0.39 is 6.29 Å². The molecule has 3 aliphatic rings. The third-order valence-corrected chi connectivity index (χ3v) is 6.15. The second-order valence-corrected chi connectivity index (χ2v) is 7.03. The van der Waals surface area contributed by atoms with Crippen LogP contribution in [0.2, 0.25) is 0 Å². The maximum atomic E-state index is 10.2. The smallest absolute Gasteiger partial charge is 0.160 e. The number of aliphatic hydroxyl groups is 1. The van der Waals surface area contributed by atoms with E-state index in [4.69, 9.17) is 4.74 Å². The van der Waals surface area contributed by atoms with Crippen molar-refractivity contribution in [2.24, 2.45) is 17.3 Å². The van der Waals surface area contributed by atoms with Gasteiger partial charge in [0.2, 0.25) is 0 Å². The molecule has 1 saturated carbocycles. The molecule has 3 heteroatoms. The highest BCUT2D eigenvalue weighted by atomic mass is 16.6. The van der Waals surface area contributed by atoms with E-state index in [-0.39, 0.29) is 5.41 Å². The molecule has 2 aliphatic carbocycles. The summed E-state index contributed by atoms with van der Waals surface area (Å²) in [6, 6.07) is 5.85. The van der Waals surface area contributed by atoms with E-state index in [0.29, 0.717) is 30.1 Å². The van der Waals surface area contributed by atoms with Crippen LogP contribution in [0, 0.1) is 17.3 Å². The quantitative estimate of drug-likeness (QED) is 0.765. The SMILES string of the molecule is C[C@]12CCC3c4ccc(O)cc4CC[C@H]3C1CO[C@@H]2O. The molecule has 4 rings (SSSR count). The van der Waals surface area contributed by atoms with Crippen LogP contribution in [0.25, 0.3) is 0 Å². The van der Waals surface area contributed by atoms with Gasteiger partial charge in [-0.25, -0.2) is 0 Å². The molecule has 2 N–H and O–H groups in total. The predicted octanol–water partition coefficient (Wildman–Crippen LogP) is 2.80. The first-order valence-corrected chi connectivity index (χ1v) is 7.71. The van der Waals surface area contributed by atoms with Crippen LogP contribution < -0.4 is 0 Å². The van der Waals surface area contributed by atoms with Crippen molar-refractivity contribution < 1.29 is 14.9 Å². The molecule has 2 fully saturated rings. The molecule has 0 aromatic heterocycles. The van der Waals surface area contributed by atoms with Crippen LogP contribution in [-0.4, -0.2) is 23.1 Å². The van der Waals surface area contributed by atoms with E-state index in [1.54, 1.807) is 0 Å². The lowest BCUT2D eigenvalue weighted by atomic mass is 9.55. The average molecular weight is 274 g/mol. The molecule has 1 aliphatic heterocycles. The zero-order valence-corrected chi connectivity index (χ0v) is 11.9. The fourth-order valence-corrected chi connectivity index (χ4v) is 4.92. The molecule has 0 spiro atoms. The maximum Gasteiger partial charge on any atom is 0.160 e. The number of aryl methyl sites for hydroxylation is 1. The van der Waals surface area contributed by atoms with Gasteiger partial charge in [0.25, 0.3) is 0 Å². The number of aliphatic hydroxyl groups excluding tert-OH is 1. The van der Waals surface area contributed by atoms with E-state index in [9.17, 15) is 10.2 Å². The Bertz CT molecular complexity index is 541. The van der Waals surface area contributed by atoms with Gasteiger partial charge in [-0.15, -0.1) is 0 Å². The summed E-state index contributed by atoms with van der Waals surface area (Å²) in [6.45, 7) is 2.89. The van der Waals surface area contributed by atoms with Gasteiger partial charge in [-0.05, 0) is 66.7 Å². The first-order valence-electron chi connectivity index (χ1n) is 7.71. The number of fused-ring (bicyclic) bond motifs is 5. The predicted molar refractivity (Wildman–Crippen MR) is 75.4 cm³/mol. The highest BCUT2D eigenvalue weighted by Gasteiger charge is 2.55. The lowest BCUT2D eigenvalue weighted by molar-refractivity contribution is -0.124. The fourth-order valence-electron chi connectivity index (χ4n) is 4.92. The van der Waals surface area contributed by atoms with Crippen molar-refractivity contribution >= 4 is 0 Å². The number of aromatic hydroxyl groups is 1. The number of hydrogen-bond donors (Lipinski definition) is 2. The molecule has 2 unspecified atom stereocenters. The van der Waals surface area contributed by atoms with Gasteiger partial charge in [0.05, 0.1) is 6.61 Å². The van der Waals surface area contributed by atoms with Gasteiger partial charge in [-0.1, -0.05) is 13.0 Å². The second-order valence-electron chi connectivity index (χ2n) is 7.03. The van der Waals surface area contributed by atoms with Crippen LogP contribution in [0.15, 0.2) is 18.2 Å². The van der Waals surface area contributed by atoms with E-state index in [2.05, 4.69) is 13.0 Å². The van der Waals surface area contributed by atoms with Crippen LogP contribution in [0.1, 0.15) is 43.2 Å². The van der Waals surface area contributed by atoms with E-state index >= 15 is 0 Å². The summed E-state index contributed by atoms with van der Waals surface area (Å²) in [6.07, 6.45) is 3.75. The molecule has 1 aromatic rings. The first-order chi connectivity index (χ1) is 9.59. The molecular formula is C17H22O3. The number of phenolic OH excluding ortho intramolecular Hbond substituents is 1. The van der Waals surface area contributed by atoms with Gasteiger partial charge in [0.1, 0.15) is 5.75 Å². The van der Waals surface area contributed by atoms with Gasteiger partial charge in [0, 0.05) is 5.41 Å². The van der Waals surface area contributed by atoms with Crippen molar-refractivity contribution in [1.29, 1.82) is 0 Å². The van der Waals surface area contributed by atoms with Gasteiger partial charge in [0.15, 0.2) is 6.29 Å². The highest BCUT2D eigenvalue weighted by Crippen LogP contribution is 2.58. The van der Waals surface area contributed by atoms with E-state index in [1.165, 1.54) is 11.1 Å². The fraction of sp³-hybridized carbons (Fsp3) is 0.647. The Morgan fingerprint density at radius 2 is 2.15 bits per heavy atom. The topological polar surface area (TPSA) is 49.7 Å². The summed E-state index contributed by atoms with van der Waals surface area (Å²) in [7, 11) is 0. The lowest BCUT2D eigenvalue weighted by Crippen LogP contribution is -2.44. The normalized spacial score (nSPS) is 42.7. The van der Waals surface area contributed by atoms with Gasteiger partial charge >= 0.3 is 0 Å². The van der Waals surface area contributed by atoms with Crippen LogP contribution in [0.4, 0.5) is 0 Å². The Hall–Kier alpha value is -1.06. The molecular weight excluding hydrogens is 252 g/mol. The molecule has 1 heterocycles. The molecule has 5 atom stereocenters. The minimum atomic E-state index is -0.588. The largest absolute Gasteiger partial charge is 0.508 e. The van der Waals surface area contributed by atoms with Crippen LogP contribution in [0.5, 0.6) is 5.75 Å². The standard InChI is InChI=1S/C17H22O3/c1-17-7-6-13-12-5-3-11(18)8-10(12)2-4-14(13)15(17)9-20-16(17)19/h3,5,8,13-16,18-19H,2,4,6-7,9H2,1H3/t13?,14-,15?,16+,17+/m1/s1. The number of phenols is 1. The zero-order chi connectivity index (χ0) is 13.9. The number of hydrogen-bond acceptors (Lipinski definition) is 3. The zero-order valence-electron chi connectivity index (χ0n) is 11.9. The lowest BCUT2D eigenvalue weighted by Gasteiger charge is -2.48. The molecule has 0 radical (unpaired) electrons. The Labute approximate surface area is 119 Å².